The molecular weight excluding hydrogens is 206 g/mol. The van der Waals surface area contributed by atoms with Crippen molar-refractivity contribution in [1.82, 2.24) is 10.3 Å². The van der Waals surface area contributed by atoms with Crippen LogP contribution < -0.4 is 11.1 Å². The van der Waals surface area contributed by atoms with Gasteiger partial charge in [0.15, 0.2) is 0 Å². The first kappa shape index (κ1) is 10.6. The van der Waals surface area contributed by atoms with Gasteiger partial charge in [-0.15, -0.1) is 0 Å². The Morgan fingerprint density at radius 3 is 2.88 bits per heavy atom. The highest BCUT2D eigenvalue weighted by Crippen LogP contribution is 2.18. The van der Waals surface area contributed by atoms with E-state index in [9.17, 15) is 9.59 Å². The van der Waals surface area contributed by atoms with E-state index in [1.54, 1.807) is 18.3 Å². The van der Waals surface area contributed by atoms with Crippen molar-refractivity contribution in [3.05, 3.63) is 29.6 Å². The molecule has 0 atom stereocenters. The predicted octanol–water partition coefficient (Wildman–Crippen LogP) is 0.00160. The second-order valence-corrected chi connectivity index (χ2v) is 3.88. The number of nitrogens with two attached hydrogens (primary N) is 1. The molecule has 0 bridgehead atoms. The van der Waals surface area contributed by atoms with Crippen molar-refractivity contribution in [1.29, 1.82) is 0 Å². The lowest BCUT2D eigenvalue weighted by Crippen LogP contribution is -2.28. The monoisotopic (exact) mass is 219 g/mol. The van der Waals surface area contributed by atoms with Crippen molar-refractivity contribution in [3.63, 3.8) is 0 Å². The SMILES string of the molecule is NC(=O)c1cccnc1CC(=O)NC1CC1. The molecule has 2 rings (SSSR count). The van der Waals surface area contributed by atoms with Crippen LogP contribution in [0.2, 0.25) is 0 Å². The second-order valence-electron chi connectivity index (χ2n) is 3.88. The Morgan fingerprint density at radius 1 is 1.50 bits per heavy atom. The van der Waals surface area contributed by atoms with Gasteiger partial charge in [-0.3, -0.25) is 14.6 Å². The zero-order chi connectivity index (χ0) is 11.5. The Hall–Kier alpha value is -1.91. The molecule has 0 unspecified atom stereocenters. The van der Waals surface area contributed by atoms with E-state index in [4.69, 9.17) is 5.73 Å². The molecule has 1 saturated carbocycles. The van der Waals surface area contributed by atoms with E-state index in [2.05, 4.69) is 10.3 Å². The summed E-state index contributed by atoms with van der Waals surface area (Å²) in [5, 5.41) is 2.84. The van der Waals surface area contributed by atoms with Gasteiger partial charge in [-0.25, -0.2) is 0 Å². The third-order valence-corrected chi connectivity index (χ3v) is 2.43. The molecule has 0 aliphatic heterocycles. The van der Waals surface area contributed by atoms with E-state index in [0.29, 0.717) is 17.3 Å². The number of amides is 2. The average molecular weight is 219 g/mol. The molecule has 0 radical (unpaired) electrons. The van der Waals surface area contributed by atoms with Crippen LogP contribution in [0, 0.1) is 0 Å². The maximum absolute atomic E-state index is 11.5. The number of carbonyl (C=O) groups is 2. The number of nitrogens with zero attached hydrogens (tertiary/aromatic N) is 1. The number of aromatic nitrogens is 1. The van der Waals surface area contributed by atoms with Gasteiger partial charge in [0.1, 0.15) is 0 Å². The summed E-state index contributed by atoms with van der Waals surface area (Å²) in [5.41, 5.74) is 5.94. The fourth-order valence-electron chi connectivity index (χ4n) is 1.46. The normalized spacial score (nSPS) is 14.5. The third-order valence-electron chi connectivity index (χ3n) is 2.43. The molecule has 0 spiro atoms. The molecular formula is C11H13N3O2. The van der Waals surface area contributed by atoms with Crippen LogP contribution >= 0.6 is 0 Å². The summed E-state index contributed by atoms with van der Waals surface area (Å²) in [6.07, 6.45) is 3.73. The Labute approximate surface area is 93.0 Å². The zero-order valence-electron chi connectivity index (χ0n) is 8.77. The first-order valence-corrected chi connectivity index (χ1v) is 5.20. The van der Waals surface area contributed by atoms with Crippen molar-refractivity contribution in [2.24, 2.45) is 5.73 Å². The van der Waals surface area contributed by atoms with Crippen LogP contribution in [0.5, 0.6) is 0 Å². The first-order chi connectivity index (χ1) is 7.66. The highest BCUT2D eigenvalue weighted by Gasteiger charge is 2.24. The lowest BCUT2D eigenvalue weighted by atomic mass is 10.1. The van der Waals surface area contributed by atoms with Crippen LogP contribution in [0.1, 0.15) is 28.9 Å². The molecule has 1 aromatic rings. The zero-order valence-corrected chi connectivity index (χ0v) is 8.77. The van der Waals surface area contributed by atoms with Crippen molar-refractivity contribution < 1.29 is 9.59 Å². The molecule has 2 amide bonds. The van der Waals surface area contributed by atoms with Gasteiger partial charge in [0, 0.05) is 12.2 Å². The van der Waals surface area contributed by atoms with Crippen LogP contribution in [0.15, 0.2) is 18.3 Å². The number of pyridine rings is 1. The van der Waals surface area contributed by atoms with Gasteiger partial charge in [-0.05, 0) is 25.0 Å². The smallest absolute Gasteiger partial charge is 0.250 e. The number of hydrogen-bond donors (Lipinski definition) is 2. The van der Waals surface area contributed by atoms with Crippen LogP contribution in [-0.2, 0) is 11.2 Å². The van der Waals surface area contributed by atoms with Gasteiger partial charge in [-0.2, -0.15) is 0 Å². The van der Waals surface area contributed by atoms with E-state index in [0.717, 1.165) is 12.8 Å². The van der Waals surface area contributed by atoms with Gasteiger partial charge < -0.3 is 11.1 Å². The molecule has 5 heteroatoms. The quantitative estimate of drug-likeness (QED) is 0.747. The van der Waals surface area contributed by atoms with E-state index in [1.807, 2.05) is 0 Å². The molecule has 84 valence electrons. The summed E-state index contributed by atoms with van der Waals surface area (Å²) >= 11 is 0. The summed E-state index contributed by atoms with van der Waals surface area (Å²) in [4.78, 5) is 26.6. The van der Waals surface area contributed by atoms with Crippen molar-refractivity contribution in [2.75, 3.05) is 0 Å². The highest BCUT2D eigenvalue weighted by atomic mass is 16.2. The minimum Gasteiger partial charge on any atom is -0.366 e. The standard InChI is InChI=1S/C11H13N3O2/c12-11(16)8-2-1-5-13-9(8)6-10(15)14-7-3-4-7/h1-2,5,7H,3-4,6H2,(H2,12,16)(H,14,15). The molecule has 1 aliphatic carbocycles. The van der Waals surface area contributed by atoms with Gasteiger partial charge in [-0.1, -0.05) is 0 Å². The van der Waals surface area contributed by atoms with Crippen molar-refractivity contribution in [3.8, 4) is 0 Å². The van der Waals surface area contributed by atoms with Crippen LogP contribution in [-0.4, -0.2) is 22.8 Å². The molecule has 1 aromatic heterocycles. The number of carbonyl (C=O) groups excluding carboxylic acids is 2. The largest absolute Gasteiger partial charge is 0.366 e. The predicted molar refractivity (Wildman–Crippen MR) is 57.6 cm³/mol. The maximum atomic E-state index is 11.5. The summed E-state index contributed by atoms with van der Waals surface area (Å²) < 4.78 is 0. The van der Waals surface area contributed by atoms with E-state index in [1.165, 1.54) is 0 Å². The fourth-order valence-corrected chi connectivity index (χ4v) is 1.46. The topological polar surface area (TPSA) is 85.1 Å². The molecule has 3 N–H and O–H groups in total. The first-order valence-electron chi connectivity index (χ1n) is 5.20. The number of nitrogens with one attached hydrogen (secondary N) is 1. The van der Waals surface area contributed by atoms with Gasteiger partial charge in [0.2, 0.25) is 5.91 Å². The number of primary amides is 1. The number of hydrogen-bond acceptors (Lipinski definition) is 3. The Kier molecular flexibility index (Phi) is 2.85. The fraction of sp³-hybridized carbons (Fsp3) is 0.364. The van der Waals surface area contributed by atoms with Crippen molar-refractivity contribution >= 4 is 11.8 Å². The minimum absolute atomic E-state index is 0.107. The van der Waals surface area contributed by atoms with Gasteiger partial charge in [0.25, 0.3) is 5.91 Å². The molecule has 1 fully saturated rings. The summed E-state index contributed by atoms with van der Waals surface area (Å²) in [6, 6.07) is 3.52. The lowest BCUT2D eigenvalue weighted by Gasteiger charge is -2.05. The summed E-state index contributed by atoms with van der Waals surface area (Å²) in [5.74, 6) is -0.661. The average Bonchev–Trinajstić information content (AvgIpc) is 3.02. The minimum atomic E-state index is -0.553. The molecule has 0 saturated heterocycles. The molecule has 1 heterocycles. The van der Waals surface area contributed by atoms with E-state index in [-0.39, 0.29) is 12.3 Å². The van der Waals surface area contributed by atoms with Gasteiger partial charge in [0.05, 0.1) is 17.7 Å². The number of rotatable bonds is 4. The third kappa shape index (κ3) is 2.56. The van der Waals surface area contributed by atoms with Crippen LogP contribution in [0.25, 0.3) is 0 Å². The van der Waals surface area contributed by atoms with E-state index >= 15 is 0 Å². The lowest BCUT2D eigenvalue weighted by molar-refractivity contribution is -0.120. The molecule has 0 aromatic carbocycles. The maximum Gasteiger partial charge on any atom is 0.250 e. The molecule has 5 nitrogen and oxygen atoms in total. The van der Waals surface area contributed by atoms with Crippen LogP contribution in [0.4, 0.5) is 0 Å². The van der Waals surface area contributed by atoms with Gasteiger partial charge >= 0.3 is 0 Å². The van der Waals surface area contributed by atoms with E-state index < -0.39 is 5.91 Å². The Morgan fingerprint density at radius 2 is 2.25 bits per heavy atom. The Balaban J connectivity index is 2.07. The molecule has 16 heavy (non-hydrogen) atoms. The highest BCUT2D eigenvalue weighted by molar-refractivity contribution is 5.95. The summed E-state index contributed by atoms with van der Waals surface area (Å²) in [6.45, 7) is 0. The van der Waals surface area contributed by atoms with Crippen molar-refractivity contribution in [2.45, 2.75) is 25.3 Å². The second kappa shape index (κ2) is 4.30. The van der Waals surface area contributed by atoms with Crippen LogP contribution in [0.3, 0.4) is 0 Å². The Bertz CT molecular complexity index is 427. The molecule has 1 aliphatic rings. The summed E-state index contributed by atoms with van der Waals surface area (Å²) in [7, 11) is 0.